The lowest BCUT2D eigenvalue weighted by Crippen LogP contribution is -2.33. The highest BCUT2D eigenvalue weighted by molar-refractivity contribution is 6.30. The van der Waals surface area contributed by atoms with Crippen molar-refractivity contribution >= 4 is 11.6 Å². The third kappa shape index (κ3) is 7.56. The Hall–Kier alpha value is -0.570. The van der Waals surface area contributed by atoms with E-state index in [2.05, 4.69) is 32.2 Å². The fourth-order valence-electron chi connectivity index (χ4n) is 2.02. The van der Waals surface area contributed by atoms with Crippen LogP contribution in [-0.4, -0.2) is 25.3 Å². The molecular formula is C16H26ClNO. The number of nitrogens with one attached hydrogen (secondary N) is 1. The zero-order valence-corrected chi connectivity index (χ0v) is 13.0. The first kappa shape index (κ1) is 16.5. The topological polar surface area (TPSA) is 21.3 Å². The molecule has 3 heteroatoms. The van der Waals surface area contributed by atoms with E-state index in [1.54, 1.807) is 0 Å². The summed E-state index contributed by atoms with van der Waals surface area (Å²) in [5.41, 5.74) is 1.28. The molecule has 0 saturated heterocycles. The maximum atomic E-state index is 6.03. The van der Waals surface area contributed by atoms with E-state index in [-0.39, 0.29) is 0 Å². The first-order valence-corrected chi connectivity index (χ1v) is 7.59. The van der Waals surface area contributed by atoms with Gasteiger partial charge in [-0.1, -0.05) is 30.7 Å². The summed E-state index contributed by atoms with van der Waals surface area (Å²) >= 11 is 6.03. The molecule has 0 heterocycles. The summed E-state index contributed by atoms with van der Waals surface area (Å²) in [4.78, 5) is 0. The molecule has 0 amide bonds. The first-order chi connectivity index (χ1) is 9.11. The third-order valence-electron chi connectivity index (χ3n) is 2.97. The largest absolute Gasteiger partial charge is 0.379 e. The van der Waals surface area contributed by atoms with Crippen molar-refractivity contribution < 1.29 is 4.74 Å². The van der Waals surface area contributed by atoms with Crippen LogP contribution in [0.1, 0.15) is 39.2 Å². The van der Waals surface area contributed by atoms with E-state index < -0.39 is 0 Å². The first-order valence-electron chi connectivity index (χ1n) is 7.21. The molecule has 0 fully saturated rings. The predicted molar refractivity (Wildman–Crippen MR) is 82.9 cm³/mol. The Morgan fingerprint density at radius 3 is 2.74 bits per heavy atom. The van der Waals surface area contributed by atoms with Gasteiger partial charge in [0.2, 0.25) is 0 Å². The standard InChI is InChI=1S/C16H26ClNO/c1-4-9-18-16(8-10-19-13(2)3)12-14-6-5-7-15(17)11-14/h5-7,11,13,16,18H,4,8-10,12H2,1-3H3. The maximum absolute atomic E-state index is 6.03. The van der Waals surface area contributed by atoms with Gasteiger partial charge in [-0.2, -0.15) is 0 Å². The molecular weight excluding hydrogens is 258 g/mol. The summed E-state index contributed by atoms with van der Waals surface area (Å²) in [5, 5.41) is 4.40. The fourth-order valence-corrected chi connectivity index (χ4v) is 2.23. The molecule has 1 N–H and O–H groups in total. The highest BCUT2D eigenvalue weighted by Gasteiger charge is 2.09. The minimum atomic E-state index is 0.304. The molecule has 1 rings (SSSR count). The van der Waals surface area contributed by atoms with Gasteiger partial charge in [-0.15, -0.1) is 0 Å². The van der Waals surface area contributed by atoms with Crippen LogP contribution in [0, 0.1) is 0 Å². The van der Waals surface area contributed by atoms with Crippen LogP contribution in [0.15, 0.2) is 24.3 Å². The Morgan fingerprint density at radius 2 is 2.11 bits per heavy atom. The number of hydrogen-bond acceptors (Lipinski definition) is 2. The van der Waals surface area contributed by atoms with E-state index in [0.717, 1.165) is 37.4 Å². The van der Waals surface area contributed by atoms with Gasteiger partial charge in [0.1, 0.15) is 0 Å². The van der Waals surface area contributed by atoms with Gasteiger partial charge >= 0.3 is 0 Å². The molecule has 1 atom stereocenters. The summed E-state index contributed by atoms with van der Waals surface area (Å²) < 4.78 is 5.65. The van der Waals surface area contributed by atoms with Crippen molar-refractivity contribution in [2.45, 2.75) is 52.2 Å². The molecule has 0 aliphatic carbocycles. The van der Waals surface area contributed by atoms with Crippen molar-refractivity contribution in [2.24, 2.45) is 0 Å². The lowest BCUT2D eigenvalue weighted by molar-refractivity contribution is 0.0715. The smallest absolute Gasteiger partial charge is 0.0518 e. The summed E-state index contributed by atoms with van der Waals surface area (Å²) in [6, 6.07) is 8.57. The van der Waals surface area contributed by atoms with Crippen LogP contribution < -0.4 is 5.32 Å². The second-order valence-electron chi connectivity index (χ2n) is 5.19. The van der Waals surface area contributed by atoms with Crippen LogP contribution in [0.25, 0.3) is 0 Å². The molecule has 1 unspecified atom stereocenters. The van der Waals surface area contributed by atoms with Crippen LogP contribution in [-0.2, 0) is 11.2 Å². The molecule has 0 aliphatic rings. The van der Waals surface area contributed by atoms with Crippen molar-refractivity contribution in [3.63, 3.8) is 0 Å². The molecule has 19 heavy (non-hydrogen) atoms. The van der Waals surface area contributed by atoms with Gasteiger partial charge in [-0.25, -0.2) is 0 Å². The molecule has 0 aliphatic heterocycles. The van der Waals surface area contributed by atoms with Gasteiger partial charge in [0, 0.05) is 17.7 Å². The van der Waals surface area contributed by atoms with Gasteiger partial charge in [0.15, 0.2) is 0 Å². The van der Waals surface area contributed by atoms with Crippen molar-refractivity contribution in [3.8, 4) is 0 Å². The van der Waals surface area contributed by atoms with E-state index in [4.69, 9.17) is 16.3 Å². The number of rotatable bonds is 9. The molecule has 1 aromatic carbocycles. The molecule has 0 bridgehead atoms. The van der Waals surface area contributed by atoms with E-state index in [1.165, 1.54) is 5.56 Å². The van der Waals surface area contributed by atoms with E-state index >= 15 is 0 Å². The van der Waals surface area contributed by atoms with Crippen molar-refractivity contribution in [1.29, 1.82) is 0 Å². The van der Waals surface area contributed by atoms with E-state index in [0.29, 0.717) is 12.1 Å². The van der Waals surface area contributed by atoms with E-state index in [9.17, 15) is 0 Å². The second kappa shape index (κ2) is 9.35. The number of hydrogen-bond donors (Lipinski definition) is 1. The van der Waals surface area contributed by atoms with Crippen LogP contribution in [0.4, 0.5) is 0 Å². The lowest BCUT2D eigenvalue weighted by atomic mass is 10.0. The quantitative estimate of drug-likeness (QED) is 0.738. The molecule has 0 saturated carbocycles. The van der Waals surface area contributed by atoms with Gasteiger partial charge in [0.25, 0.3) is 0 Å². The predicted octanol–water partition coefficient (Wildman–Crippen LogP) is 4.07. The summed E-state index contributed by atoms with van der Waals surface area (Å²) in [7, 11) is 0. The van der Waals surface area contributed by atoms with Crippen LogP contribution in [0.2, 0.25) is 5.02 Å². The molecule has 0 radical (unpaired) electrons. The highest BCUT2D eigenvalue weighted by Crippen LogP contribution is 2.13. The minimum Gasteiger partial charge on any atom is -0.379 e. The van der Waals surface area contributed by atoms with Crippen molar-refractivity contribution in [3.05, 3.63) is 34.9 Å². The summed E-state index contributed by atoms with van der Waals surface area (Å²) in [5.74, 6) is 0. The van der Waals surface area contributed by atoms with Gasteiger partial charge in [0.05, 0.1) is 6.10 Å². The van der Waals surface area contributed by atoms with Crippen LogP contribution in [0.3, 0.4) is 0 Å². The summed E-state index contributed by atoms with van der Waals surface area (Å²) in [6.45, 7) is 8.19. The minimum absolute atomic E-state index is 0.304. The zero-order chi connectivity index (χ0) is 14.1. The van der Waals surface area contributed by atoms with Crippen LogP contribution in [0.5, 0.6) is 0 Å². The van der Waals surface area contributed by atoms with E-state index in [1.807, 2.05) is 18.2 Å². The van der Waals surface area contributed by atoms with Gasteiger partial charge in [-0.05, 0) is 57.4 Å². The lowest BCUT2D eigenvalue weighted by Gasteiger charge is -2.19. The highest BCUT2D eigenvalue weighted by atomic mass is 35.5. The Balaban J connectivity index is 2.48. The Bertz CT molecular complexity index is 354. The molecule has 0 spiro atoms. The maximum Gasteiger partial charge on any atom is 0.0518 e. The van der Waals surface area contributed by atoms with Crippen molar-refractivity contribution in [2.75, 3.05) is 13.2 Å². The molecule has 1 aromatic rings. The number of ether oxygens (including phenoxy) is 1. The normalized spacial score (nSPS) is 12.9. The van der Waals surface area contributed by atoms with Crippen molar-refractivity contribution in [1.82, 2.24) is 5.32 Å². The molecule has 108 valence electrons. The monoisotopic (exact) mass is 283 g/mol. The summed E-state index contributed by atoms with van der Waals surface area (Å²) in [6.07, 6.45) is 3.49. The fraction of sp³-hybridized carbons (Fsp3) is 0.625. The van der Waals surface area contributed by atoms with Crippen LogP contribution >= 0.6 is 11.6 Å². The Kier molecular flexibility index (Phi) is 8.11. The average Bonchev–Trinajstić information content (AvgIpc) is 2.35. The number of benzene rings is 1. The average molecular weight is 284 g/mol. The van der Waals surface area contributed by atoms with Gasteiger partial charge < -0.3 is 10.1 Å². The Morgan fingerprint density at radius 1 is 1.32 bits per heavy atom. The zero-order valence-electron chi connectivity index (χ0n) is 12.3. The van der Waals surface area contributed by atoms with Gasteiger partial charge in [-0.3, -0.25) is 0 Å². The SMILES string of the molecule is CCCNC(CCOC(C)C)Cc1cccc(Cl)c1. The Labute approximate surface area is 122 Å². The second-order valence-corrected chi connectivity index (χ2v) is 5.63. The number of halogens is 1. The molecule has 2 nitrogen and oxygen atoms in total. The third-order valence-corrected chi connectivity index (χ3v) is 3.21. The molecule has 0 aromatic heterocycles.